The highest BCUT2D eigenvalue weighted by molar-refractivity contribution is 6.42. The van der Waals surface area contributed by atoms with Gasteiger partial charge in [0.25, 0.3) is 0 Å². The topological polar surface area (TPSA) is 44.8 Å². The Labute approximate surface area is 194 Å². The molecule has 2 aromatic rings. The van der Waals surface area contributed by atoms with E-state index in [1.807, 2.05) is 24.1 Å². The number of amides is 1. The third-order valence-corrected chi connectivity index (χ3v) is 6.94. The van der Waals surface area contributed by atoms with Crippen LogP contribution in [0.4, 0.5) is 0 Å². The van der Waals surface area contributed by atoms with Crippen molar-refractivity contribution in [2.75, 3.05) is 26.7 Å². The first-order chi connectivity index (χ1) is 15.0. The molecule has 1 heterocycles. The highest BCUT2D eigenvalue weighted by atomic mass is 35.5. The highest BCUT2D eigenvalue weighted by Crippen LogP contribution is 2.32. The Hall–Kier alpha value is -1.79. The number of hydrogen-bond donors (Lipinski definition) is 1. The van der Waals surface area contributed by atoms with E-state index in [4.69, 9.17) is 27.9 Å². The molecule has 2 aliphatic rings. The van der Waals surface area contributed by atoms with E-state index in [1.54, 1.807) is 18.2 Å². The number of halogens is 2. The molecule has 1 aliphatic carbocycles. The van der Waals surface area contributed by atoms with E-state index in [0.717, 1.165) is 36.5 Å². The van der Waals surface area contributed by atoms with Crippen LogP contribution in [0.5, 0.6) is 11.5 Å². The van der Waals surface area contributed by atoms with Crippen molar-refractivity contribution in [3.8, 4) is 11.5 Å². The molecule has 0 unspecified atom stereocenters. The summed E-state index contributed by atoms with van der Waals surface area (Å²) in [6, 6.07) is 12.0. The van der Waals surface area contributed by atoms with Crippen molar-refractivity contribution in [3.63, 3.8) is 0 Å². The molecule has 5 nitrogen and oxygen atoms in total. The smallest absolute Gasteiger partial charge is 0.224 e. The highest BCUT2D eigenvalue weighted by Gasteiger charge is 2.29. The Kier molecular flexibility index (Phi) is 7.39. The number of hydrogen-bond acceptors (Lipinski definition) is 4. The van der Waals surface area contributed by atoms with Gasteiger partial charge in [-0.3, -0.25) is 9.69 Å². The molecule has 2 fully saturated rings. The van der Waals surface area contributed by atoms with Gasteiger partial charge in [-0.2, -0.15) is 0 Å². The monoisotopic (exact) mass is 461 g/mol. The minimum atomic E-state index is 0.244. The number of nitrogens with one attached hydrogen (secondary N) is 1. The lowest BCUT2D eigenvalue weighted by Gasteiger charge is -2.36. The number of carbonyl (C=O) groups is 1. The molecule has 31 heavy (non-hydrogen) atoms. The van der Waals surface area contributed by atoms with Gasteiger partial charge in [-0.25, -0.2) is 0 Å². The van der Waals surface area contributed by atoms with E-state index in [-0.39, 0.29) is 5.91 Å². The van der Waals surface area contributed by atoms with Crippen LogP contribution in [0, 0.1) is 0 Å². The predicted octanol–water partition coefficient (Wildman–Crippen LogP) is 5.09. The summed E-state index contributed by atoms with van der Waals surface area (Å²) < 4.78 is 6.07. The first kappa shape index (κ1) is 22.4. The van der Waals surface area contributed by atoms with Crippen molar-refractivity contribution in [2.24, 2.45) is 0 Å². The fourth-order valence-corrected chi connectivity index (χ4v) is 4.50. The Balaban J connectivity index is 1.46. The molecule has 0 atom stereocenters. The van der Waals surface area contributed by atoms with E-state index in [2.05, 4.69) is 16.3 Å². The number of benzene rings is 2. The van der Waals surface area contributed by atoms with Crippen molar-refractivity contribution in [2.45, 2.75) is 44.8 Å². The van der Waals surface area contributed by atoms with Crippen LogP contribution in [-0.4, -0.2) is 48.4 Å². The van der Waals surface area contributed by atoms with Gasteiger partial charge in [0, 0.05) is 56.8 Å². The summed E-state index contributed by atoms with van der Waals surface area (Å²) in [4.78, 5) is 17.2. The number of nitrogens with zero attached hydrogens (tertiary/aromatic N) is 2. The Morgan fingerprint density at radius 1 is 1.06 bits per heavy atom. The second kappa shape index (κ2) is 10.2. The van der Waals surface area contributed by atoms with E-state index in [0.29, 0.717) is 41.3 Å². The lowest BCUT2D eigenvalue weighted by molar-refractivity contribution is -0.130. The van der Waals surface area contributed by atoms with Crippen molar-refractivity contribution in [3.05, 3.63) is 57.6 Å². The average molecular weight is 462 g/mol. The lowest BCUT2D eigenvalue weighted by Crippen LogP contribution is -2.42. The van der Waals surface area contributed by atoms with Crippen molar-refractivity contribution >= 4 is 29.1 Å². The lowest BCUT2D eigenvalue weighted by atomic mass is 9.91. The van der Waals surface area contributed by atoms with Gasteiger partial charge in [-0.1, -0.05) is 35.7 Å². The molecule has 4 rings (SSSR count). The van der Waals surface area contributed by atoms with Crippen LogP contribution in [0.1, 0.15) is 36.8 Å². The van der Waals surface area contributed by atoms with Gasteiger partial charge in [0.05, 0.1) is 10.0 Å². The molecule has 1 N–H and O–H groups in total. The van der Waals surface area contributed by atoms with Crippen LogP contribution in [0.15, 0.2) is 36.4 Å². The van der Waals surface area contributed by atoms with Crippen molar-refractivity contribution in [1.82, 2.24) is 15.1 Å². The SMILES string of the molecule is CNCc1cc(CN2CCN(C3CCC3)CCC2=O)ccc1Oc1ccc(Cl)c(Cl)c1. The minimum Gasteiger partial charge on any atom is -0.457 e. The maximum Gasteiger partial charge on any atom is 0.224 e. The second-order valence-electron chi connectivity index (χ2n) is 8.34. The molecular formula is C24H29Cl2N3O2. The van der Waals surface area contributed by atoms with Crippen LogP contribution in [0.2, 0.25) is 10.0 Å². The van der Waals surface area contributed by atoms with Crippen LogP contribution in [0.25, 0.3) is 0 Å². The molecule has 1 amide bonds. The van der Waals surface area contributed by atoms with Crippen molar-refractivity contribution < 1.29 is 9.53 Å². The zero-order valence-electron chi connectivity index (χ0n) is 17.9. The molecule has 1 saturated heterocycles. The molecule has 1 saturated carbocycles. The van der Waals surface area contributed by atoms with Gasteiger partial charge in [0.1, 0.15) is 11.5 Å². The molecule has 1 aliphatic heterocycles. The standard InChI is InChI=1S/C24H29Cl2N3O2/c1-27-15-18-13-17(5-8-23(18)31-20-6-7-21(25)22(26)14-20)16-29-12-11-28(10-9-24(29)30)19-3-2-4-19/h5-8,13-14,19,27H,2-4,9-12,15-16H2,1H3. The summed E-state index contributed by atoms with van der Waals surface area (Å²) in [7, 11) is 1.91. The largest absolute Gasteiger partial charge is 0.457 e. The number of rotatable bonds is 7. The molecule has 0 spiro atoms. The summed E-state index contributed by atoms with van der Waals surface area (Å²) in [5, 5.41) is 4.15. The number of carbonyl (C=O) groups excluding carboxylic acids is 1. The van der Waals surface area contributed by atoms with Gasteiger partial charge in [-0.05, 0) is 49.7 Å². The van der Waals surface area contributed by atoms with Crippen LogP contribution in [-0.2, 0) is 17.9 Å². The van der Waals surface area contributed by atoms with E-state index < -0.39 is 0 Å². The zero-order chi connectivity index (χ0) is 21.8. The molecule has 2 aromatic carbocycles. The Morgan fingerprint density at radius 2 is 1.90 bits per heavy atom. The first-order valence-corrected chi connectivity index (χ1v) is 11.7. The zero-order valence-corrected chi connectivity index (χ0v) is 19.4. The Morgan fingerprint density at radius 3 is 2.61 bits per heavy atom. The first-order valence-electron chi connectivity index (χ1n) is 10.9. The maximum atomic E-state index is 12.7. The molecule has 166 valence electrons. The fraction of sp³-hybridized carbons (Fsp3) is 0.458. The summed E-state index contributed by atoms with van der Waals surface area (Å²) in [5.74, 6) is 1.64. The molecule has 0 bridgehead atoms. The predicted molar refractivity (Wildman–Crippen MR) is 125 cm³/mol. The normalized spacial score (nSPS) is 18.0. The van der Waals surface area contributed by atoms with Gasteiger partial charge in [0.15, 0.2) is 0 Å². The van der Waals surface area contributed by atoms with E-state index in [9.17, 15) is 4.79 Å². The maximum absolute atomic E-state index is 12.7. The summed E-state index contributed by atoms with van der Waals surface area (Å²) >= 11 is 12.1. The molecular weight excluding hydrogens is 433 g/mol. The minimum absolute atomic E-state index is 0.244. The second-order valence-corrected chi connectivity index (χ2v) is 9.15. The van der Waals surface area contributed by atoms with Gasteiger partial charge >= 0.3 is 0 Å². The third-order valence-electron chi connectivity index (χ3n) is 6.20. The van der Waals surface area contributed by atoms with Crippen LogP contribution < -0.4 is 10.1 Å². The average Bonchev–Trinajstić information content (AvgIpc) is 2.88. The summed E-state index contributed by atoms with van der Waals surface area (Å²) in [5.41, 5.74) is 2.14. The van der Waals surface area contributed by atoms with Gasteiger partial charge in [-0.15, -0.1) is 0 Å². The van der Waals surface area contributed by atoms with E-state index >= 15 is 0 Å². The van der Waals surface area contributed by atoms with Gasteiger partial charge < -0.3 is 15.0 Å². The number of ether oxygens (including phenoxy) is 1. The third kappa shape index (κ3) is 5.53. The quantitative estimate of drug-likeness (QED) is 0.623. The summed E-state index contributed by atoms with van der Waals surface area (Å²) in [6.07, 6.45) is 4.49. The molecule has 0 aromatic heterocycles. The van der Waals surface area contributed by atoms with E-state index in [1.165, 1.54) is 19.3 Å². The van der Waals surface area contributed by atoms with Crippen LogP contribution >= 0.6 is 23.2 Å². The fourth-order valence-electron chi connectivity index (χ4n) is 4.21. The van der Waals surface area contributed by atoms with Crippen molar-refractivity contribution in [1.29, 1.82) is 0 Å². The van der Waals surface area contributed by atoms with Crippen LogP contribution in [0.3, 0.4) is 0 Å². The summed E-state index contributed by atoms with van der Waals surface area (Å²) in [6.45, 7) is 3.94. The Bertz CT molecular complexity index is 933. The molecule has 7 heteroatoms. The molecule has 0 radical (unpaired) electrons. The van der Waals surface area contributed by atoms with Gasteiger partial charge in [0.2, 0.25) is 5.91 Å².